The molecule has 7 heteroatoms. The molecule has 3 aromatic rings. The van der Waals surface area contributed by atoms with Crippen molar-refractivity contribution in [1.82, 2.24) is 14.8 Å². The molecule has 2 fully saturated rings. The largest absolute Gasteiger partial charge is 0.423 e. The molecular weight excluding hydrogens is 347 g/mol. The van der Waals surface area contributed by atoms with Gasteiger partial charge in [0, 0.05) is 37.7 Å². The van der Waals surface area contributed by atoms with Gasteiger partial charge in [0.15, 0.2) is 5.58 Å². The van der Waals surface area contributed by atoms with E-state index in [0.717, 1.165) is 31.6 Å². The molecule has 0 spiro atoms. The van der Waals surface area contributed by atoms with E-state index in [0.29, 0.717) is 35.5 Å². The van der Waals surface area contributed by atoms with Crippen LogP contribution in [0.2, 0.25) is 0 Å². The Morgan fingerprint density at radius 3 is 2.70 bits per heavy atom. The molecule has 2 aromatic heterocycles. The van der Waals surface area contributed by atoms with E-state index in [1.165, 1.54) is 25.0 Å². The van der Waals surface area contributed by atoms with Crippen LogP contribution in [0.25, 0.3) is 11.1 Å². The predicted molar refractivity (Wildman–Crippen MR) is 99.4 cm³/mol. The minimum absolute atomic E-state index is 0.0252. The molecule has 0 N–H and O–H groups in total. The van der Waals surface area contributed by atoms with E-state index in [-0.39, 0.29) is 11.4 Å². The second kappa shape index (κ2) is 6.48. The summed E-state index contributed by atoms with van der Waals surface area (Å²) < 4.78 is 20.7. The highest BCUT2D eigenvalue weighted by Crippen LogP contribution is 2.38. The van der Waals surface area contributed by atoms with Crippen LogP contribution in [0.15, 0.2) is 39.5 Å². The summed E-state index contributed by atoms with van der Waals surface area (Å²) in [4.78, 5) is 18.7. The zero-order valence-corrected chi connectivity index (χ0v) is 15.0. The Hall–Kier alpha value is -2.70. The van der Waals surface area contributed by atoms with E-state index >= 15 is 0 Å². The first-order valence-electron chi connectivity index (χ1n) is 9.55. The lowest BCUT2D eigenvalue weighted by Gasteiger charge is -2.30. The summed E-state index contributed by atoms with van der Waals surface area (Å²) in [6, 6.07) is 8.45. The molecule has 3 heterocycles. The topological polar surface area (TPSA) is 64.2 Å². The van der Waals surface area contributed by atoms with E-state index in [2.05, 4.69) is 15.0 Å². The van der Waals surface area contributed by atoms with Crippen molar-refractivity contribution in [3.63, 3.8) is 0 Å². The molecule has 5 rings (SSSR count). The van der Waals surface area contributed by atoms with Crippen LogP contribution in [-0.4, -0.2) is 27.9 Å². The van der Waals surface area contributed by atoms with E-state index in [9.17, 15) is 9.18 Å². The summed E-state index contributed by atoms with van der Waals surface area (Å²) in [5.74, 6) is 0.626. The Morgan fingerprint density at radius 2 is 1.93 bits per heavy atom. The number of hydrogen-bond donors (Lipinski definition) is 0. The van der Waals surface area contributed by atoms with E-state index < -0.39 is 0 Å². The van der Waals surface area contributed by atoms with E-state index in [1.54, 1.807) is 16.8 Å². The number of nitrogens with zero attached hydrogens (tertiary/aromatic N) is 4. The molecular formula is C20H21FN4O2. The first-order valence-corrected chi connectivity index (χ1v) is 9.55. The highest BCUT2D eigenvalue weighted by Gasteiger charge is 2.27. The van der Waals surface area contributed by atoms with Crippen molar-refractivity contribution in [3.8, 4) is 0 Å². The number of aromatic nitrogens is 3. The third-order valence-corrected chi connectivity index (χ3v) is 5.54. The van der Waals surface area contributed by atoms with Crippen molar-refractivity contribution in [2.24, 2.45) is 5.92 Å². The van der Waals surface area contributed by atoms with Crippen LogP contribution in [0.3, 0.4) is 0 Å². The van der Waals surface area contributed by atoms with Gasteiger partial charge in [0.2, 0.25) is 0 Å². The second-order valence-electron chi connectivity index (χ2n) is 7.59. The molecule has 2 aliphatic rings. The molecule has 140 valence electrons. The fourth-order valence-corrected chi connectivity index (χ4v) is 3.77. The van der Waals surface area contributed by atoms with Crippen LogP contribution in [-0.2, 0) is 6.54 Å². The lowest BCUT2D eigenvalue weighted by Crippen LogP contribution is -2.37. The lowest BCUT2D eigenvalue weighted by atomic mass is 9.97. The van der Waals surface area contributed by atoms with Gasteiger partial charge in [-0.3, -0.25) is 4.79 Å². The normalized spacial score (nSPS) is 18.3. The SMILES string of the molecule is O=c1ccc(C2CC2)nn1CC1CCN(c2nc3ccc(F)cc3o2)CC1. The highest BCUT2D eigenvalue weighted by atomic mass is 19.1. The van der Waals surface area contributed by atoms with Gasteiger partial charge in [0.05, 0.1) is 5.69 Å². The van der Waals surface area contributed by atoms with Crippen LogP contribution in [0.5, 0.6) is 0 Å². The number of oxazole rings is 1. The van der Waals surface area contributed by atoms with Gasteiger partial charge in [0.25, 0.3) is 11.6 Å². The fourth-order valence-electron chi connectivity index (χ4n) is 3.77. The van der Waals surface area contributed by atoms with Crippen molar-refractivity contribution in [2.75, 3.05) is 18.0 Å². The van der Waals surface area contributed by atoms with Crippen molar-refractivity contribution in [2.45, 2.75) is 38.1 Å². The number of halogens is 1. The van der Waals surface area contributed by atoms with Gasteiger partial charge in [-0.25, -0.2) is 9.07 Å². The average Bonchev–Trinajstić information content (AvgIpc) is 3.43. The van der Waals surface area contributed by atoms with Crippen LogP contribution in [0, 0.1) is 11.7 Å². The molecule has 0 bridgehead atoms. The molecule has 6 nitrogen and oxygen atoms in total. The molecule has 1 aliphatic heterocycles. The summed E-state index contributed by atoms with van der Waals surface area (Å²) in [5.41, 5.74) is 2.16. The number of benzene rings is 1. The van der Waals surface area contributed by atoms with Crippen LogP contribution < -0.4 is 10.5 Å². The molecule has 1 aromatic carbocycles. The highest BCUT2D eigenvalue weighted by molar-refractivity contribution is 5.74. The van der Waals surface area contributed by atoms with Gasteiger partial charge in [-0.15, -0.1) is 0 Å². The number of rotatable bonds is 4. The smallest absolute Gasteiger partial charge is 0.298 e. The maximum absolute atomic E-state index is 13.3. The Bertz CT molecular complexity index is 1030. The van der Waals surface area contributed by atoms with E-state index in [4.69, 9.17) is 4.42 Å². The number of piperidine rings is 1. The van der Waals surface area contributed by atoms with Gasteiger partial charge in [0.1, 0.15) is 11.3 Å². The quantitative estimate of drug-likeness (QED) is 0.707. The van der Waals surface area contributed by atoms with Crippen molar-refractivity contribution < 1.29 is 8.81 Å². The summed E-state index contributed by atoms with van der Waals surface area (Å²) in [5, 5.41) is 4.57. The maximum Gasteiger partial charge on any atom is 0.298 e. The minimum atomic E-state index is -0.324. The summed E-state index contributed by atoms with van der Waals surface area (Å²) >= 11 is 0. The van der Waals surface area contributed by atoms with Gasteiger partial charge in [-0.05, 0) is 49.8 Å². The molecule has 1 saturated heterocycles. The summed E-state index contributed by atoms with van der Waals surface area (Å²) in [6.45, 7) is 2.26. The molecule has 0 amide bonds. The van der Waals surface area contributed by atoms with Crippen LogP contribution in [0.1, 0.15) is 37.3 Å². The van der Waals surface area contributed by atoms with Crippen molar-refractivity contribution >= 4 is 17.1 Å². The molecule has 1 saturated carbocycles. The Morgan fingerprint density at radius 1 is 1.11 bits per heavy atom. The number of anilines is 1. The zero-order valence-electron chi connectivity index (χ0n) is 15.0. The molecule has 1 aliphatic carbocycles. The monoisotopic (exact) mass is 368 g/mol. The van der Waals surface area contributed by atoms with Gasteiger partial charge in [-0.2, -0.15) is 10.1 Å². The number of hydrogen-bond acceptors (Lipinski definition) is 5. The lowest BCUT2D eigenvalue weighted by molar-refractivity contribution is 0.326. The zero-order chi connectivity index (χ0) is 18.4. The maximum atomic E-state index is 13.3. The first-order chi connectivity index (χ1) is 13.2. The molecule has 27 heavy (non-hydrogen) atoms. The minimum Gasteiger partial charge on any atom is -0.423 e. The number of fused-ring (bicyclic) bond motifs is 1. The van der Waals surface area contributed by atoms with Gasteiger partial charge in [-0.1, -0.05) is 0 Å². The fraction of sp³-hybridized carbons (Fsp3) is 0.450. The van der Waals surface area contributed by atoms with Gasteiger partial charge >= 0.3 is 0 Å². The van der Waals surface area contributed by atoms with Crippen LogP contribution >= 0.6 is 0 Å². The molecule has 0 unspecified atom stereocenters. The molecule has 0 atom stereocenters. The standard InChI is InChI=1S/C20H21FN4O2/c21-15-3-4-17-18(11-15)27-20(22-17)24-9-7-13(8-10-24)12-25-19(26)6-5-16(23-25)14-1-2-14/h3-6,11,13-14H,1-2,7-10,12H2. The Labute approximate surface area is 155 Å². The Balaban J connectivity index is 1.26. The van der Waals surface area contributed by atoms with Crippen molar-refractivity contribution in [3.05, 3.63) is 52.2 Å². The third kappa shape index (κ3) is 3.34. The summed E-state index contributed by atoms with van der Waals surface area (Å²) in [7, 11) is 0. The first kappa shape index (κ1) is 16.5. The predicted octanol–water partition coefficient (Wildman–Crippen LogP) is 3.32. The van der Waals surface area contributed by atoms with Crippen LogP contribution in [0.4, 0.5) is 10.4 Å². The second-order valence-corrected chi connectivity index (χ2v) is 7.59. The third-order valence-electron chi connectivity index (χ3n) is 5.54. The van der Waals surface area contributed by atoms with Gasteiger partial charge < -0.3 is 9.32 Å². The summed E-state index contributed by atoms with van der Waals surface area (Å²) in [6.07, 6.45) is 4.24. The molecule has 0 radical (unpaired) electrons. The average molecular weight is 368 g/mol. The Kier molecular flexibility index (Phi) is 3.95. The van der Waals surface area contributed by atoms with Crippen molar-refractivity contribution in [1.29, 1.82) is 0 Å². The van der Waals surface area contributed by atoms with E-state index in [1.807, 2.05) is 6.07 Å².